The lowest BCUT2D eigenvalue weighted by Gasteiger charge is -2.15. The first kappa shape index (κ1) is 15.4. The lowest BCUT2D eigenvalue weighted by atomic mass is 10.1. The molecule has 2 aromatic rings. The van der Waals surface area contributed by atoms with E-state index < -0.39 is 0 Å². The Morgan fingerprint density at radius 1 is 1.19 bits per heavy atom. The summed E-state index contributed by atoms with van der Waals surface area (Å²) in [5, 5.41) is 2.89. The standard InChI is InChI=1S/C16H17BrN2O2/c1-11(12-2-4-13(17)5-3-12)19-16(20)10-21-15-8-6-14(18)7-9-15/h2-9,11H,10,18H2,1H3,(H,19,20)/t11-/m1/s1. The molecule has 0 saturated heterocycles. The summed E-state index contributed by atoms with van der Waals surface area (Å²) in [6, 6.07) is 14.7. The van der Waals surface area contributed by atoms with Crippen LogP contribution in [0.15, 0.2) is 53.0 Å². The van der Waals surface area contributed by atoms with Gasteiger partial charge in [0, 0.05) is 10.2 Å². The Kier molecular flexibility index (Phi) is 5.22. The van der Waals surface area contributed by atoms with Gasteiger partial charge in [-0.3, -0.25) is 4.79 Å². The third-order valence-corrected chi connectivity index (χ3v) is 3.53. The molecule has 0 spiro atoms. The van der Waals surface area contributed by atoms with E-state index in [0.29, 0.717) is 11.4 Å². The fraction of sp³-hybridized carbons (Fsp3) is 0.188. The smallest absolute Gasteiger partial charge is 0.258 e. The Bertz CT molecular complexity index is 597. The molecule has 1 amide bonds. The maximum absolute atomic E-state index is 11.9. The van der Waals surface area contributed by atoms with Gasteiger partial charge in [-0.05, 0) is 48.9 Å². The zero-order valence-electron chi connectivity index (χ0n) is 11.7. The molecule has 0 unspecified atom stereocenters. The number of hydrogen-bond acceptors (Lipinski definition) is 3. The minimum absolute atomic E-state index is 0.0230. The summed E-state index contributed by atoms with van der Waals surface area (Å²) >= 11 is 3.38. The van der Waals surface area contributed by atoms with Crippen LogP contribution in [0.1, 0.15) is 18.5 Å². The summed E-state index contributed by atoms with van der Waals surface area (Å²) < 4.78 is 6.41. The molecule has 1 atom stereocenters. The predicted octanol–water partition coefficient (Wildman–Crippen LogP) is 3.29. The predicted molar refractivity (Wildman–Crippen MR) is 87.0 cm³/mol. The molecule has 0 fully saturated rings. The van der Waals surface area contributed by atoms with E-state index >= 15 is 0 Å². The minimum atomic E-state index is -0.165. The van der Waals surface area contributed by atoms with E-state index in [9.17, 15) is 4.79 Å². The second-order valence-electron chi connectivity index (χ2n) is 4.70. The number of nitrogens with one attached hydrogen (secondary N) is 1. The SMILES string of the molecule is C[C@@H](NC(=O)COc1ccc(N)cc1)c1ccc(Br)cc1. The Hall–Kier alpha value is -2.01. The first-order valence-electron chi connectivity index (χ1n) is 6.58. The maximum atomic E-state index is 11.9. The van der Waals surface area contributed by atoms with Crippen molar-refractivity contribution in [3.63, 3.8) is 0 Å². The quantitative estimate of drug-likeness (QED) is 0.815. The number of amides is 1. The van der Waals surface area contributed by atoms with Crippen LogP contribution in [0.2, 0.25) is 0 Å². The van der Waals surface area contributed by atoms with Crippen LogP contribution in [0.5, 0.6) is 5.75 Å². The number of nitrogen functional groups attached to an aromatic ring is 1. The number of nitrogens with two attached hydrogens (primary N) is 1. The van der Waals surface area contributed by atoms with Crippen LogP contribution >= 0.6 is 15.9 Å². The fourth-order valence-corrected chi connectivity index (χ4v) is 2.10. The lowest BCUT2D eigenvalue weighted by Crippen LogP contribution is -2.31. The average Bonchev–Trinajstić information content (AvgIpc) is 2.47. The second kappa shape index (κ2) is 7.13. The second-order valence-corrected chi connectivity index (χ2v) is 5.61. The van der Waals surface area contributed by atoms with E-state index in [1.807, 2.05) is 31.2 Å². The Balaban J connectivity index is 1.83. The van der Waals surface area contributed by atoms with Crippen molar-refractivity contribution in [2.75, 3.05) is 12.3 Å². The van der Waals surface area contributed by atoms with Gasteiger partial charge in [-0.1, -0.05) is 28.1 Å². The first-order valence-corrected chi connectivity index (χ1v) is 7.37. The molecule has 0 aliphatic heterocycles. The van der Waals surface area contributed by atoms with E-state index in [4.69, 9.17) is 10.5 Å². The number of hydrogen-bond donors (Lipinski definition) is 2. The highest BCUT2D eigenvalue weighted by Crippen LogP contribution is 2.16. The zero-order valence-corrected chi connectivity index (χ0v) is 13.3. The van der Waals surface area contributed by atoms with Crippen LogP contribution in [0, 0.1) is 0 Å². The number of ether oxygens (including phenoxy) is 1. The highest BCUT2D eigenvalue weighted by atomic mass is 79.9. The number of carbonyl (C=O) groups is 1. The number of carbonyl (C=O) groups excluding carboxylic acids is 1. The van der Waals surface area contributed by atoms with Crippen molar-refractivity contribution < 1.29 is 9.53 Å². The van der Waals surface area contributed by atoms with Gasteiger partial charge in [0.25, 0.3) is 5.91 Å². The van der Waals surface area contributed by atoms with Gasteiger partial charge in [0.2, 0.25) is 0 Å². The molecular weight excluding hydrogens is 332 g/mol. The van der Waals surface area contributed by atoms with Gasteiger partial charge in [0.15, 0.2) is 6.61 Å². The largest absolute Gasteiger partial charge is 0.484 e. The van der Waals surface area contributed by atoms with Crippen molar-refractivity contribution in [3.05, 3.63) is 58.6 Å². The number of rotatable bonds is 5. The molecule has 3 N–H and O–H groups in total. The van der Waals surface area contributed by atoms with Crippen molar-refractivity contribution in [1.82, 2.24) is 5.32 Å². The van der Waals surface area contributed by atoms with E-state index in [1.165, 1.54) is 0 Å². The first-order chi connectivity index (χ1) is 10.0. The number of halogens is 1. The van der Waals surface area contributed by atoms with Gasteiger partial charge in [-0.25, -0.2) is 0 Å². The third-order valence-electron chi connectivity index (χ3n) is 3.00. The molecule has 5 heteroatoms. The monoisotopic (exact) mass is 348 g/mol. The minimum Gasteiger partial charge on any atom is -0.484 e. The summed E-state index contributed by atoms with van der Waals surface area (Å²) in [5.74, 6) is 0.456. The molecule has 0 aromatic heterocycles. The van der Waals surface area contributed by atoms with E-state index in [0.717, 1.165) is 10.0 Å². The molecule has 0 aliphatic carbocycles. The Morgan fingerprint density at radius 2 is 1.81 bits per heavy atom. The van der Waals surface area contributed by atoms with E-state index in [-0.39, 0.29) is 18.6 Å². The Labute approximate surface area is 132 Å². The van der Waals surface area contributed by atoms with Gasteiger partial charge in [0.05, 0.1) is 6.04 Å². The highest BCUT2D eigenvalue weighted by Gasteiger charge is 2.10. The maximum Gasteiger partial charge on any atom is 0.258 e. The molecule has 21 heavy (non-hydrogen) atoms. The number of anilines is 1. The van der Waals surface area contributed by atoms with E-state index in [2.05, 4.69) is 21.2 Å². The van der Waals surface area contributed by atoms with Crippen LogP contribution < -0.4 is 15.8 Å². The van der Waals surface area contributed by atoms with Crippen LogP contribution in [0.3, 0.4) is 0 Å². The molecular formula is C16H17BrN2O2. The average molecular weight is 349 g/mol. The number of benzene rings is 2. The van der Waals surface area contributed by atoms with Crippen LogP contribution in [-0.4, -0.2) is 12.5 Å². The van der Waals surface area contributed by atoms with Gasteiger partial charge in [-0.2, -0.15) is 0 Å². The van der Waals surface area contributed by atoms with Crippen molar-refractivity contribution in [2.24, 2.45) is 0 Å². The Morgan fingerprint density at radius 3 is 2.43 bits per heavy atom. The van der Waals surface area contributed by atoms with Crippen molar-refractivity contribution in [3.8, 4) is 5.75 Å². The van der Waals surface area contributed by atoms with E-state index in [1.54, 1.807) is 24.3 Å². The molecule has 0 radical (unpaired) electrons. The van der Waals surface area contributed by atoms with Gasteiger partial charge in [-0.15, -0.1) is 0 Å². The lowest BCUT2D eigenvalue weighted by molar-refractivity contribution is -0.123. The normalized spacial score (nSPS) is 11.7. The molecule has 0 bridgehead atoms. The molecule has 0 aliphatic rings. The molecule has 4 nitrogen and oxygen atoms in total. The summed E-state index contributed by atoms with van der Waals surface area (Å²) in [6.07, 6.45) is 0. The summed E-state index contributed by atoms with van der Waals surface area (Å²) in [7, 11) is 0. The fourth-order valence-electron chi connectivity index (χ4n) is 1.83. The van der Waals surface area contributed by atoms with Crippen molar-refractivity contribution in [1.29, 1.82) is 0 Å². The molecule has 2 aromatic carbocycles. The molecule has 0 saturated carbocycles. The molecule has 2 rings (SSSR count). The zero-order chi connectivity index (χ0) is 15.2. The summed E-state index contributed by atoms with van der Waals surface area (Å²) in [5.41, 5.74) is 7.29. The van der Waals surface area contributed by atoms with Crippen molar-refractivity contribution in [2.45, 2.75) is 13.0 Å². The van der Waals surface area contributed by atoms with Crippen LogP contribution in [0.25, 0.3) is 0 Å². The van der Waals surface area contributed by atoms with Crippen molar-refractivity contribution >= 4 is 27.5 Å². The molecule has 110 valence electrons. The van der Waals surface area contributed by atoms with Crippen LogP contribution in [0.4, 0.5) is 5.69 Å². The highest BCUT2D eigenvalue weighted by molar-refractivity contribution is 9.10. The van der Waals surface area contributed by atoms with Gasteiger partial charge >= 0.3 is 0 Å². The topological polar surface area (TPSA) is 64.3 Å². The van der Waals surface area contributed by atoms with Crippen LogP contribution in [-0.2, 0) is 4.79 Å². The molecule has 0 heterocycles. The summed E-state index contributed by atoms with van der Waals surface area (Å²) in [4.78, 5) is 11.9. The summed E-state index contributed by atoms with van der Waals surface area (Å²) in [6.45, 7) is 1.91. The third kappa shape index (κ3) is 4.79. The van der Waals surface area contributed by atoms with Gasteiger partial charge in [0.1, 0.15) is 5.75 Å². The van der Waals surface area contributed by atoms with Gasteiger partial charge < -0.3 is 15.8 Å².